The maximum atomic E-state index is 12.8. The van der Waals surface area contributed by atoms with Gasteiger partial charge in [-0.3, -0.25) is 14.4 Å². The van der Waals surface area contributed by atoms with Crippen LogP contribution in [-0.2, 0) is 17.6 Å². The number of aromatic nitrogens is 1. The van der Waals surface area contributed by atoms with Gasteiger partial charge in [-0.1, -0.05) is 13.8 Å². The van der Waals surface area contributed by atoms with E-state index >= 15 is 0 Å². The first-order chi connectivity index (χ1) is 11.3. The monoisotopic (exact) mass is 332 g/mol. The molecular formula is C18H24N2O4. The average Bonchev–Trinajstić information content (AvgIpc) is 3.00. The number of carboxylic acids is 1. The number of pyridine rings is 1. The zero-order valence-electron chi connectivity index (χ0n) is 14.2. The van der Waals surface area contributed by atoms with E-state index in [1.54, 1.807) is 6.07 Å². The van der Waals surface area contributed by atoms with Crippen molar-refractivity contribution in [3.05, 3.63) is 33.2 Å². The van der Waals surface area contributed by atoms with Crippen LogP contribution in [0.1, 0.15) is 54.7 Å². The van der Waals surface area contributed by atoms with Crippen LogP contribution in [0.4, 0.5) is 0 Å². The normalized spacial score (nSPS) is 23.4. The number of H-pyrrole nitrogens is 1. The highest BCUT2D eigenvalue weighted by molar-refractivity contribution is 5.95. The number of nitrogens with one attached hydrogen (secondary N) is 1. The lowest BCUT2D eigenvalue weighted by Crippen LogP contribution is -2.41. The van der Waals surface area contributed by atoms with Crippen molar-refractivity contribution in [2.75, 3.05) is 13.1 Å². The van der Waals surface area contributed by atoms with Crippen LogP contribution in [0, 0.1) is 11.3 Å². The first-order valence-electron chi connectivity index (χ1n) is 8.63. The second-order valence-corrected chi connectivity index (χ2v) is 7.32. The first-order valence-corrected chi connectivity index (χ1v) is 8.63. The molecule has 2 N–H and O–H groups in total. The number of rotatable bonds is 3. The summed E-state index contributed by atoms with van der Waals surface area (Å²) >= 11 is 0. The molecular weight excluding hydrogens is 308 g/mol. The van der Waals surface area contributed by atoms with E-state index < -0.39 is 11.4 Å². The molecule has 130 valence electrons. The number of nitrogens with zero attached hydrogens (tertiary/aromatic N) is 1. The summed E-state index contributed by atoms with van der Waals surface area (Å²) in [5, 5.41) is 9.61. The number of carboxylic acid groups (broad SMARTS) is 1. The summed E-state index contributed by atoms with van der Waals surface area (Å²) in [6, 6.07) is 1.71. The molecule has 0 bridgehead atoms. The van der Waals surface area contributed by atoms with E-state index in [0.29, 0.717) is 13.0 Å². The minimum atomic E-state index is -0.920. The number of carbonyl (C=O) groups is 2. The van der Waals surface area contributed by atoms with E-state index in [4.69, 9.17) is 0 Å². The van der Waals surface area contributed by atoms with Crippen molar-refractivity contribution < 1.29 is 14.7 Å². The fourth-order valence-corrected chi connectivity index (χ4v) is 3.90. The summed E-state index contributed by atoms with van der Waals surface area (Å²) < 4.78 is 0. The van der Waals surface area contributed by atoms with Gasteiger partial charge in [0.1, 0.15) is 5.56 Å². The van der Waals surface area contributed by atoms with Crippen molar-refractivity contribution in [1.82, 2.24) is 9.88 Å². The average molecular weight is 332 g/mol. The summed E-state index contributed by atoms with van der Waals surface area (Å²) in [7, 11) is 0. The van der Waals surface area contributed by atoms with E-state index in [1.807, 2.05) is 13.8 Å². The molecule has 0 radical (unpaired) electrons. The minimum absolute atomic E-state index is 0.0744. The van der Waals surface area contributed by atoms with Crippen molar-refractivity contribution in [2.45, 2.75) is 46.0 Å². The lowest BCUT2D eigenvalue weighted by Gasteiger charge is -2.28. The molecule has 6 heteroatoms. The highest BCUT2D eigenvalue weighted by Crippen LogP contribution is 2.38. The third kappa shape index (κ3) is 2.64. The molecule has 24 heavy (non-hydrogen) atoms. The van der Waals surface area contributed by atoms with Gasteiger partial charge in [-0.25, -0.2) is 0 Å². The van der Waals surface area contributed by atoms with Crippen LogP contribution < -0.4 is 5.56 Å². The predicted octanol–water partition coefficient (Wildman–Crippen LogP) is 1.83. The van der Waals surface area contributed by atoms with Crippen LogP contribution in [-0.4, -0.2) is 40.0 Å². The van der Waals surface area contributed by atoms with Crippen molar-refractivity contribution >= 4 is 11.9 Å². The van der Waals surface area contributed by atoms with E-state index in [9.17, 15) is 19.5 Å². The molecule has 1 aliphatic carbocycles. The number of aromatic amines is 1. The van der Waals surface area contributed by atoms with Gasteiger partial charge in [0.05, 0.1) is 5.41 Å². The molecule has 0 aromatic carbocycles. The third-order valence-electron chi connectivity index (χ3n) is 5.69. The molecule has 2 heterocycles. The number of amides is 1. The Labute approximate surface area is 140 Å². The molecule has 1 saturated heterocycles. The molecule has 3 rings (SSSR count). The number of aryl methyl sites for hydroxylation is 2. The standard InChI is InChI=1S/C18H24N2O4/c1-11(2)18(17(23)24)7-8-20(10-18)16(22)13-9-12-5-3-4-6-14(12)19-15(13)21/h9,11H,3-8,10H2,1-2H3,(H,19,21)(H,23,24). The van der Waals surface area contributed by atoms with E-state index in [0.717, 1.165) is 36.9 Å². The Hall–Kier alpha value is -2.11. The van der Waals surface area contributed by atoms with Gasteiger partial charge in [0, 0.05) is 18.8 Å². The van der Waals surface area contributed by atoms with Crippen molar-refractivity contribution in [2.24, 2.45) is 11.3 Å². The van der Waals surface area contributed by atoms with Gasteiger partial charge in [-0.05, 0) is 49.7 Å². The van der Waals surface area contributed by atoms with Gasteiger partial charge in [0.15, 0.2) is 0 Å². The van der Waals surface area contributed by atoms with Crippen molar-refractivity contribution in [3.63, 3.8) is 0 Å². The summed E-state index contributed by atoms with van der Waals surface area (Å²) in [6.45, 7) is 4.27. The molecule has 6 nitrogen and oxygen atoms in total. The molecule has 2 aliphatic rings. The largest absolute Gasteiger partial charge is 0.481 e. The lowest BCUT2D eigenvalue weighted by atomic mass is 9.76. The van der Waals surface area contributed by atoms with Gasteiger partial charge in [0.2, 0.25) is 0 Å². The summed E-state index contributed by atoms with van der Waals surface area (Å²) in [5.41, 5.74) is 0.832. The van der Waals surface area contributed by atoms with E-state index in [1.165, 1.54) is 4.90 Å². The lowest BCUT2D eigenvalue weighted by molar-refractivity contribution is -0.150. The van der Waals surface area contributed by atoms with Crippen LogP contribution in [0.5, 0.6) is 0 Å². The Bertz CT molecular complexity index is 737. The van der Waals surface area contributed by atoms with Crippen LogP contribution >= 0.6 is 0 Å². The fraction of sp³-hybridized carbons (Fsp3) is 0.611. The topological polar surface area (TPSA) is 90.5 Å². The number of hydrogen-bond donors (Lipinski definition) is 2. The number of fused-ring (bicyclic) bond motifs is 1. The van der Waals surface area contributed by atoms with Crippen LogP contribution in [0.2, 0.25) is 0 Å². The Morgan fingerprint density at radius 2 is 2.00 bits per heavy atom. The molecule has 1 aliphatic heterocycles. The highest BCUT2D eigenvalue weighted by Gasteiger charge is 2.48. The van der Waals surface area contributed by atoms with Gasteiger partial charge >= 0.3 is 5.97 Å². The van der Waals surface area contributed by atoms with Crippen LogP contribution in [0.15, 0.2) is 10.9 Å². The molecule has 1 amide bonds. The van der Waals surface area contributed by atoms with Crippen molar-refractivity contribution in [1.29, 1.82) is 0 Å². The van der Waals surface area contributed by atoms with E-state index in [2.05, 4.69) is 4.98 Å². The Morgan fingerprint density at radius 3 is 2.62 bits per heavy atom. The quantitative estimate of drug-likeness (QED) is 0.883. The maximum Gasteiger partial charge on any atom is 0.311 e. The molecule has 0 saturated carbocycles. The van der Waals surface area contributed by atoms with Gasteiger partial charge in [0.25, 0.3) is 11.5 Å². The zero-order valence-corrected chi connectivity index (χ0v) is 14.2. The SMILES string of the molecule is CC(C)C1(C(=O)O)CCN(C(=O)c2cc3c([nH]c2=O)CCCC3)C1. The van der Waals surface area contributed by atoms with E-state index in [-0.39, 0.29) is 29.5 Å². The van der Waals surface area contributed by atoms with Crippen LogP contribution in [0.3, 0.4) is 0 Å². The van der Waals surface area contributed by atoms with Crippen molar-refractivity contribution in [3.8, 4) is 0 Å². The van der Waals surface area contributed by atoms with Crippen LogP contribution in [0.25, 0.3) is 0 Å². The summed E-state index contributed by atoms with van der Waals surface area (Å²) in [4.78, 5) is 41.2. The smallest absolute Gasteiger partial charge is 0.311 e. The molecule has 1 unspecified atom stereocenters. The predicted molar refractivity (Wildman–Crippen MR) is 89.1 cm³/mol. The molecule has 0 spiro atoms. The molecule has 1 fully saturated rings. The van der Waals surface area contributed by atoms with Gasteiger partial charge in [-0.15, -0.1) is 0 Å². The number of aliphatic carboxylic acids is 1. The van der Waals surface area contributed by atoms with Gasteiger partial charge in [-0.2, -0.15) is 0 Å². The Morgan fingerprint density at radius 1 is 1.29 bits per heavy atom. The molecule has 1 aromatic heterocycles. The summed E-state index contributed by atoms with van der Waals surface area (Å²) in [6.07, 6.45) is 4.26. The number of carbonyl (C=O) groups excluding carboxylic acids is 1. The number of likely N-dealkylation sites (tertiary alicyclic amines) is 1. The highest BCUT2D eigenvalue weighted by atomic mass is 16.4. The molecule has 1 aromatic rings. The zero-order chi connectivity index (χ0) is 17.5. The van der Waals surface area contributed by atoms with Gasteiger partial charge < -0.3 is 15.0 Å². The second-order valence-electron chi connectivity index (χ2n) is 7.32. The Kier molecular flexibility index (Phi) is 4.24. The maximum absolute atomic E-state index is 12.8. The molecule has 1 atom stereocenters. The number of hydrogen-bond acceptors (Lipinski definition) is 3. The Balaban J connectivity index is 1.88. The minimum Gasteiger partial charge on any atom is -0.481 e. The second kappa shape index (κ2) is 6.07. The first kappa shape index (κ1) is 16.7. The third-order valence-corrected chi connectivity index (χ3v) is 5.69. The fourth-order valence-electron chi connectivity index (χ4n) is 3.90. The summed E-state index contributed by atoms with van der Waals surface area (Å²) in [5.74, 6) is -1.30.